The Morgan fingerprint density at radius 3 is 2.38 bits per heavy atom. The van der Waals surface area contributed by atoms with E-state index in [0.717, 1.165) is 56.1 Å². The predicted octanol–water partition coefficient (Wildman–Crippen LogP) is 3.44. The Morgan fingerprint density at radius 2 is 1.56 bits per heavy atom. The van der Waals surface area contributed by atoms with Gasteiger partial charge in [0.05, 0.1) is 67.1 Å². The van der Waals surface area contributed by atoms with Gasteiger partial charge in [0.25, 0.3) is 0 Å². The van der Waals surface area contributed by atoms with Gasteiger partial charge < -0.3 is 53.5 Å². The summed E-state index contributed by atoms with van der Waals surface area (Å²) in [5.74, 6) is -0.619. The fourth-order valence-corrected chi connectivity index (χ4v) is 11.3. The van der Waals surface area contributed by atoms with Crippen molar-refractivity contribution in [1.82, 2.24) is 0 Å². The lowest BCUT2D eigenvalue weighted by Crippen LogP contribution is -2.61. The zero-order chi connectivity index (χ0) is 35.9. The summed E-state index contributed by atoms with van der Waals surface area (Å²) in [5, 5.41) is 10.5. The van der Waals surface area contributed by atoms with Crippen LogP contribution in [0.2, 0.25) is 0 Å². The molecule has 0 aromatic carbocycles. The maximum atomic E-state index is 14.1. The molecule has 10 aliphatic rings. The number of nitrogens with two attached hydrogens (primary N) is 1. The Morgan fingerprint density at radius 1 is 0.808 bits per heavy atom. The van der Waals surface area contributed by atoms with Crippen LogP contribution in [-0.2, 0) is 47.4 Å². The second-order valence-corrected chi connectivity index (χ2v) is 17.4. The van der Waals surface area contributed by atoms with Gasteiger partial charge in [0.2, 0.25) is 0 Å². The molecule has 0 aromatic heterocycles. The van der Waals surface area contributed by atoms with Gasteiger partial charge in [-0.3, -0.25) is 4.79 Å². The topological polar surface area (TPSA) is 146 Å². The molecule has 10 heterocycles. The fraction of sp³-hybridized carbons (Fsp3) is 0.875. The van der Waals surface area contributed by atoms with Crippen molar-refractivity contribution < 1.29 is 52.5 Å². The first kappa shape index (κ1) is 36.4. The van der Waals surface area contributed by atoms with Crippen molar-refractivity contribution in [3.8, 4) is 0 Å². The number of ether oxygens (including phenoxy) is 9. The van der Waals surface area contributed by atoms with Gasteiger partial charge in [-0.25, -0.2) is 0 Å². The molecule has 0 amide bonds. The van der Waals surface area contributed by atoms with Crippen LogP contribution in [0.4, 0.5) is 0 Å². The number of methoxy groups -OCH3 is 1. The van der Waals surface area contributed by atoms with Crippen LogP contribution < -0.4 is 5.73 Å². The number of Topliss-reactive ketones (excluding diaryl/α,β-unsaturated/α-hetero) is 1. The van der Waals surface area contributed by atoms with Crippen LogP contribution in [0.5, 0.6) is 0 Å². The molecule has 0 saturated carbocycles. The lowest BCUT2D eigenvalue weighted by Gasteiger charge is -2.47. The first-order valence-electron chi connectivity index (χ1n) is 20.2. The number of hydrogen-bond donors (Lipinski definition) is 2. The normalized spacial score (nSPS) is 52.4. The summed E-state index contributed by atoms with van der Waals surface area (Å²) in [6.07, 6.45) is 4.85. The summed E-state index contributed by atoms with van der Waals surface area (Å²) < 4.78 is 60.0. The van der Waals surface area contributed by atoms with E-state index in [1.165, 1.54) is 0 Å². The fourth-order valence-electron chi connectivity index (χ4n) is 11.3. The summed E-state index contributed by atoms with van der Waals surface area (Å²) in [6, 6.07) is 0. The molecule has 12 nitrogen and oxygen atoms in total. The molecule has 1 spiro atoms. The van der Waals surface area contributed by atoms with Crippen LogP contribution >= 0.6 is 0 Å². The molecular formula is C40H59NO11. The van der Waals surface area contributed by atoms with E-state index in [4.69, 9.17) is 48.4 Å². The molecule has 52 heavy (non-hydrogen) atoms. The van der Waals surface area contributed by atoms with Crippen LogP contribution in [-0.4, -0.2) is 128 Å². The third kappa shape index (κ3) is 6.59. The number of carbonyl (C=O) groups excluding carboxylic acids is 1. The highest BCUT2D eigenvalue weighted by atomic mass is 16.8. The molecule has 12 heteroatoms. The van der Waals surface area contributed by atoms with Crippen LogP contribution in [0.25, 0.3) is 0 Å². The highest BCUT2D eigenvalue weighted by Gasteiger charge is 2.68. The van der Waals surface area contributed by atoms with E-state index >= 15 is 0 Å². The second-order valence-electron chi connectivity index (χ2n) is 17.4. The number of aliphatic hydroxyl groups excluding tert-OH is 1. The lowest BCUT2D eigenvalue weighted by atomic mass is 9.81. The zero-order valence-electron chi connectivity index (χ0n) is 30.8. The van der Waals surface area contributed by atoms with E-state index in [1.807, 2.05) is 0 Å². The van der Waals surface area contributed by atoms with E-state index < -0.39 is 18.0 Å². The Hall–Kier alpha value is -1.29. The van der Waals surface area contributed by atoms with Gasteiger partial charge in [-0.15, -0.1) is 0 Å². The van der Waals surface area contributed by atoms with Crippen molar-refractivity contribution in [2.75, 3.05) is 13.7 Å². The van der Waals surface area contributed by atoms with Gasteiger partial charge in [0, 0.05) is 58.1 Å². The van der Waals surface area contributed by atoms with Crippen LogP contribution in [0.15, 0.2) is 24.3 Å². The molecule has 3 N–H and O–H groups in total. The second kappa shape index (κ2) is 14.3. The Bertz CT molecular complexity index is 1380. The third-order valence-corrected chi connectivity index (χ3v) is 14.0. The SMILES string of the molecule is C=C1C[C@@H]2CCC34C[C@@H]5O[C@@H]6[C@@H](O[C@H]7CCC(CC(=O)C[C@H]8[C@H](CC9O[C@@H](CCC1O2)C[C@@H](C)C9=C)OC(C[C@H](O)CN)[C@@H]8OC)O[C@@H]7[C@@H]6O3)[C@H]5O4. The average Bonchev–Trinajstić information content (AvgIpc) is 3.79. The van der Waals surface area contributed by atoms with Crippen molar-refractivity contribution in [2.45, 2.75) is 194 Å². The van der Waals surface area contributed by atoms with E-state index in [0.29, 0.717) is 25.7 Å². The minimum Gasteiger partial charge on any atom is -0.392 e. The Kier molecular flexibility index (Phi) is 10.0. The Balaban J connectivity index is 0.994. The van der Waals surface area contributed by atoms with E-state index in [-0.39, 0.29) is 122 Å². The number of fused-ring (bicyclic) bond motifs is 6. The molecule has 0 radical (unpaired) electrons. The van der Waals surface area contributed by atoms with E-state index in [2.05, 4.69) is 20.1 Å². The van der Waals surface area contributed by atoms with Crippen LogP contribution in [0.1, 0.15) is 90.4 Å². The average molecular weight is 730 g/mol. The molecule has 0 aromatic rings. The van der Waals surface area contributed by atoms with Crippen molar-refractivity contribution in [3.63, 3.8) is 0 Å². The largest absolute Gasteiger partial charge is 0.392 e. The first-order chi connectivity index (χ1) is 25.1. The quantitative estimate of drug-likeness (QED) is 0.409. The maximum Gasteiger partial charge on any atom is 0.172 e. The van der Waals surface area contributed by atoms with E-state index in [1.54, 1.807) is 7.11 Å². The summed E-state index contributed by atoms with van der Waals surface area (Å²) in [4.78, 5) is 14.1. The number of aliphatic hydroxyl groups is 1. The van der Waals surface area contributed by atoms with Gasteiger partial charge in [-0.2, -0.15) is 0 Å². The van der Waals surface area contributed by atoms with Crippen LogP contribution in [0, 0.1) is 11.8 Å². The number of ketones is 1. The van der Waals surface area contributed by atoms with Gasteiger partial charge in [-0.1, -0.05) is 20.1 Å². The number of carbonyl (C=O) groups is 1. The Labute approximate surface area is 307 Å². The first-order valence-corrected chi connectivity index (χ1v) is 20.2. The van der Waals surface area contributed by atoms with E-state index in [9.17, 15) is 9.90 Å². The molecule has 10 fully saturated rings. The molecule has 10 rings (SSSR count). The summed E-state index contributed by atoms with van der Waals surface area (Å²) in [6.45, 7) is 11.3. The number of hydrogen-bond acceptors (Lipinski definition) is 12. The maximum absolute atomic E-state index is 14.1. The van der Waals surface area contributed by atoms with Crippen molar-refractivity contribution in [2.24, 2.45) is 17.6 Å². The third-order valence-electron chi connectivity index (χ3n) is 14.0. The molecule has 10 aliphatic heterocycles. The molecular weight excluding hydrogens is 670 g/mol. The van der Waals surface area contributed by atoms with Crippen molar-refractivity contribution in [3.05, 3.63) is 24.3 Å². The van der Waals surface area contributed by atoms with Gasteiger partial charge >= 0.3 is 0 Å². The zero-order valence-corrected chi connectivity index (χ0v) is 30.8. The lowest BCUT2D eigenvalue weighted by molar-refractivity contribution is -0.292. The van der Waals surface area contributed by atoms with Gasteiger partial charge in [0.1, 0.15) is 36.3 Å². The minimum absolute atomic E-state index is 0.0158. The monoisotopic (exact) mass is 729 g/mol. The summed E-state index contributed by atoms with van der Waals surface area (Å²) in [5.41, 5.74) is 8.01. The molecule has 19 atom stereocenters. The summed E-state index contributed by atoms with van der Waals surface area (Å²) in [7, 11) is 1.66. The predicted molar refractivity (Wildman–Crippen MR) is 186 cm³/mol. The molecule has 290 valence electrons. The van der Waals surface area contributed by atoms with Crippen molar-refractivity contribution >= 4 is 5.78 Å². The highest BCUT2D eigenvalue weighted by molar-refractivity contribution is 5.79. The highest BCUT2D eigenvalue weighted by Crippen LogP contribution is 2.54. The van der Waals surface area contributed by atoms with Gasteiger partial charge in [0.15, 0.2) is 5.79 Å². The van der Waals surface area contributed by atoms with Crippen molar-refractivity contribution in [1.29, 1.82) is 0 Å². The summed E-state index contributed by atoms with van der Waals surface area (Å²) >= 11 is 0. The van der Waals surface area contributed by atoms with Crippen LogP contribution in [0.3, 0.4) is 0 Å². The standard InChI is InChI=1S/C40H59NO11/c1-19-11-24-5-7-28-20(2)12-26(45-28)9-10-40-17-33-36(51-40)37-38(50-33)39(52-40)35-29(49-37)8-6-25(47-35)13-22(42)14-27-31(16-30(46-24)21(19)3)48-32(34(27)44-4)15-23(43)18-41/h19,23-39,43H,2-3,5-18,41H2,1,4H3/t19-,23+,24+,25?,26+,27+,28?,29+,30?,31+,32?,33+,34-,35+,36+,37+,38-,39+,40?/m1/s1. The molecule has 10 saturated heterocycles. The molecule has 5 unspecified atom stereocenters. The smallest absolute Gasteiger partial charge is 0.172 e. The number of rotatable bonds is 4. The van der Waals surface area contributed by atoms with Gasteiger partial charge in [-0.05, 0) is 62.0 Å². The molecule has 0 aliphatic carbocycles. The molecule has 12 bridgehead atoms. The minimum atomic E-state index is -0.780.